The van der Waals surface area contributed by atoms with E-state index in [0.717, 1.165) is 36.8 Å². The van der Waals surface area contributed by atoms with Gasteiger partial charge in [0.25, 0.3) is 0 Å². The average molecular weight is 224 g/mol. The van der Waals surface area contributed by atoms with Crippen LogP contribution < -0.4 is 10.6 Å². The van der Waals surface area contributed by atoms with Gasteiger partial charge in [0.05, 0.1) is 0 Å². The topological polar surface area (TPSA) is 64.3 Å². The molecule has 1 rings (SSSR count). The van der Waals surface area contributed by atoms with E-state index < -0.39 is 0 Å². The first kappa shape index (κ1) is 12.9. The van der Waals surface area contributed by atoms with Crippen molar-refractivity contribution in [2.45, 2.75) is 19.9 Å². The van der Waals surface area contributed by atoms with Gasteiger partial charge in [0.15, 0.2) is 0 Å². The van der Waals surface area contributed by atoms with Crippen LogP contribution in [0.15, 0.2) is 6.20 Å². The number of nitrogens with zero attached hydrogens (tertiary/aromatic N) is 3. The quantitative estimate of drug-likeness (QED) is 0.721. The van der Waals surface area contributed by atoms with E-state index in [9.17, 15) is 0 Å². The smallest absolute Gasteiger partial charge is 0.225 e. The van der Waals surface area contributed by atoms with Crippen LogP contribution in [0.5, 0.6) is 0 Å². The number of aromatic nitrogens is 2. The van der Waals surface area contributed by atoms with Crippen LogP contribution in [0.1, 0.15) is 17.7 Å². The maximum atomic E-state index is 5.56. The molecule has 0 saturated heterocycles. The van der Waals surface area contributed by atoms with Crippen molar-refractivity contribution in [3.8, 4) is 0 Å². The minimum absolute atomic E-state index is 0.486. The Bertz CT molecular complexity index is 330. The summed E-state index contributed by atoms with van der Waals surface area (Å²) in [6.45, 7) is 4.08. The van der Waals surface area contributed by atoms with Crippen molar-refractivity contribution in [3.63, 3.8) is 0 Å². The zero-order chi connectivity index (χ0) is 12.0. The van der Waals surface area contributed by atoms with E-state index in [1.165, 1.54) is 0 Å². The normalized spacial score (nSPS) is 10.5. The minimum Gasteiger partial charge on any atom is -0.385 e. The molecule has 0 unspecified atom stereocenters. The second-order valence-electron chi connectivity index (χ2n) is 3.75. The van der Waals surface area contributed by atoms with Crippen molar-refractivity contribution in [2.75, 3.05) is 32.2 Å². The highest BCUT2D eigenvalue weighted by Crippen LogP contribution is 2.09. The monoisotopic (exact) mass is 224 g/mol. The zero-order valence-electron chi connectivity index (χ0n) is 10.2. The summed E-state index contributed by atoms with van der Waals surface area (Å²) in [4.78, 5) is 10.7. The third-order valence-corrected chi connectivity index (χ3v) is 2.47. The lowest BCUT2D eigenvalue weighted by Crippen LogP contribution is -2.22. The lowest BCUT2D eigenvalue weighted by molar-refractivity contribution is 0.196. The minimum atomic E-state index is 0.486. The summed E-state index contributed by atoms with van der Waals surface area (Å²) in [6, 6.07) is 0. The Morgan fingerprint density at radius 3 is 2.81 bits per heavy atom. The van der Waals surface area contributed by atoms with Crippen molar-refractivity contribution in [1.29, 1.82) is 0 Å². The van der Waals surface area contributed by atoms with Crippen LogP contribution in [0.3, 0.4) is 0 Å². The summed E-state index contributed by atoms with van der Waals surface area (Å²) in [5, 5.41) is 0. The summed E-state index contributed by atoms with van der Waals surface area (Å²) in [5.41, 5.74) is 7.51. The summed E-state index contributed by atoms with van der Waals surface area (Å²) in [5.74, 6) is 0.741. The van der Waals surface area contributed by atoms with Gasteiger partial charge < -0.3 is 15.4 Å². The van der Waals surface area contributed by atoms with E-state index in [4.69, 9.17) is 10.5 Å². The Kier molecular flexibility index (Phi) is 5.14. The molecular weight excluding hydrogens is 204 g/mol. The molecule has 0 atom stereocenters. The van der Waals surface area contributed by atoms with Gasteiger partial charge in [-0.05, 0) is 13.3 Å². The number of nitrogens with two attached hydrogens (primary N) is 1. The van der Waals surface area contributed by atoms with Crippen LogP contribution in [0, 0.1) is 6.92 Å². The van der Waals surface area contributed by atoms with Crippen LogP contribution >= 0.6 is 0 Å². The van der Waals surface area contributed by atoms with Crippen LogP contribution in [-0.4, -0.2) is 37.3 Å². The van der Waals surface area contributed by atoms with Crippen molar-refractivity contribution in [3.05, 3.63) is 17.5 Å². The maximum absolute atomic E-state index is 5.56. The van der Waals surface area contributed by atoms with Gasteiger partial charge in [-0.15, -0.1) is 0 Å². The first-order valence-electron chi connectivity index (χ1n) is 5.41. The molecule has 0 aromatic carbocycles. The number of ether oxygens (including phenoxy) is 1. The Balaban J connectivity index is 2.62. The van der Waals surface area contributed by atoms with E-state index in [0.29, 0.717) is 6.54 Å². The van der Waals surface area contributed by atoms with Crippen LogP contribution in [0.2, 0.25) is 0 Å². The first-order valence-corrected chi connectivity index (χ1v) is 5.41. The molecule has 16 heavy (non-hydrogen) atoms. The highest BCUT2D eigenvalue weighted by molar-refractivity contribution is 5.31. The standard InChI is InChI=1S/C11H20N4O/c1-9-10(7-12)8-13-11(14-9)15(2)5-4-6-16-3/h8H,4-7,12H2,1-3H3. The van der Waals surface area contributed by atoms with Gasteiger partial charge in [-0.25, -0.2) is 9.97 Å². The second-order valence-corrected chi connectivity index (χ2v) is 3.75. The van der Waals surface area contributed by atoms with E-state index in [1.54, 1.807) is 13.3 Å². The van der Waals surface area contributed by atoms with Gasteiger partial charge in [0.1, 0.15) is 0 Å². The molecule has 5 nitrogen and oxygen atoms in total. The van der Waals surface area contributed by atoms with Crippen LogP contribution in [0.25, 0.3) is 0 Å². The molecule has 0 radical (unpaired) electrons. The van der Waals surface area contributed by atoms with Crippen LogP contribution in [-0.2, 0) is 11.3 Å². The number of anilines is 1. The van der Waals surface area contributed by atoms with Gasteiger partial charge in [-0.1, -0.05) is 0 Å². The third-order valence-electron chi connectivity index (χ3n) is 2.47. The SMILES string of the molecule is COCCCN(C)c1ncc(CN)c(C)n1. The van der Waals surface area contributed by atoms with Gasteiger partial charge in [0, 0.05) is 51.3 Å². The summed E-state index contributed by atoms with van der Waals surface area (Å²) < 4.78 is 5.00. The summed E-state index contributed by atoms with van der Waals surface area (Å²) in [7, 11) is 3.68. The third kappa shape index (κ3) is 3.43. The predicted molar refractivity (Wildman–Crippen MR) is 64.4 cm³/mol. The fraction of sp³-hybridized carbons (Fsp3) is 0.636. The Labute approximate surface area is 96.6 Å². The highest BCUT2D eigenvalue weighted by Gasteiger charge is 2.06. The van der Waals surface area contributed by atoms with Gasteiger partial charge in [-0.2, -0.15) is 0 Å². The molecule has 0 aliphatic heterocycles. The van der Waals surface area contributed by atoms with E-state index in [-0.39, 0.29) is 0 Å². The summed E-state index contributed by atoms with van der Waals surface area (Å²) in [6.07, 6.45) is 2.76. The lowest BCUT2D eigenvalue weighted by atomic mass is 10.2. The highest BCUT2D eigenvalue weighted by atomic mass is 16.5. The number of hydrogen-bond acceptors (Lipinski definition) is 5. The largest absolute Gasteiger partial charge is 0.385 e. The average Bonchev–Trinajstić information content (AvgIpc) is 2.29. The number of hydrogen-bond donors (Lipinski definition) is 1. The van der Waals surface area contributed by atoms with E-state index in [2.05, 4.69) is 9.97 Å². The van der Waals surface area contributed by atoms with Crippen LogP contribution in [0.4, 0.5) is 5.95 Å². The molecule has 0 fully saturated rings. The van der Waals surface area contributed by atoms with Gasteiger partial charge >= 0.3 is 0 Å². The predicted octanol–water partition coefficient (Wildman–Crippen LogP) is 0.716. The van der Waals surface area contributed by atoms with Crippen molar-refractivity contribution in [1.82, 2.24) is 9.97 Å². The lowest BCUT2D eigenvalue weighted by Gasteiger charge is -2.17. The summed E-state index contributed by atoms with van der Waals surface area (Å²) >= 11 is 0. The maximum Gasteiger partial charge on any atom is 0.225 e. The molecule has 0 spiro atoms. The molecule has 0 aliphatic carbocycles. The fourth-order valence-electron chi connectivity index (χ4n) is 1.41. The molecule has 5 heteroatoms. The molecular formula is C11H20N4O. The second kappa shape index (κ2) is 6.40. The molecule has 0 bridgehead atoms. The number of methoxy groups -OCH3 is 1. The number of aryl methyl sites for hydroxylation is 1. The number of rotatable bonds is 6. The molecule has 2 N–H and O–H groups in total. The molecule has 1 aromatic heterocycles. The van der Waals surface area contributed by atoms with E-state index >= 15 is 0 Å². The van der Waals surface area contributed by atoms with Crippen molar-refractivity contribution >= 4 is 5.95 Å². The van der Waals surface area contributed by atoms with Crippen molar-refractivity contribution < 1.29 is 4.74 Å². The molecule has 0 saturated carbocycles. The molecule has 0 aliphatic rings. The Morgan fingerprint density at radius 1 is 1.50 bits per heavy atom. The molecule has 90 valence electrons. The van der Waals surface area contributed by atoms with Crippen molar-refractivity contribution in [2.24, 2.45) is 5.73 Å². The van der Waals surface area contributed by atoms with Gasteiger partial charge in [0.2, 0.25) is 5.95 Å². The Morgan fingerprint density at radius 2 is 2.25 bits per heavy atom. The van der Waals surface area contributed by atoms with Gasteiger partial charge in [-0.3, -0.25) is 0 Å². The molecule has 1 aromatic rings. The van der Waals surface area contributed by atoms with E-state index in [1.807, 2.05) is 18.9 Å². The molecule has 1 heterocycles. The molecule has 0 amide bonds. The Hall–Kier alpha value is -1.20. The fourth-order valence-corrected chi connectivity index (χ4v) is 1.41. The first-order chi connectivity index (χ1) is 7.69. The zero-order valence-corrected chi connectivity index (χ0v) is 10.2.